The van der Waals surface area contributed by atoms with E-state index >= 15 is 0 Å². The summed E-state index contributed by atoms with van der Waals surface area (Å²) in [7, 11) is 0. The van der Waals surface area contributed by atoms with Crippen LogP contribution in [0.4, 0.5) is 5.69 Å². The zero-order chi connectivity index (χ0) is 17.9. The summed E-state index contributed by atoms with van der Waals surface area (Å²) in [4.78, 5) is 15.2. The normalized spacial score (nSPS) is 12.4. The molecule has 0 bridgehead atoms. The molecular formula is C20H35N2OSb. The number of nitrogens with two attached hydrogens (primary N) is 1. The molecule has 4 heteroatoms. The number of carbonyl (C=O) groups excluding carboxylic acids is 1. The van der Waals surface area contributed by atoms with Crippen LogP contribution in [0.5, 0.6) is 0 Å². The van der Waals surface area contributed by atoms with E-state index in [1.165, 1.54) is 28.0 Å². The van der Waals surface area contributed by atoms with Crippen molar-refractivity contribution in [2.24, 2.45) is 11.7 Å². The Morgan fingerprint density at radius 2 is 1.96 bits per heavy atom. The Hall–Kier alpha value is -0.532. The number of Topliss-reactive ketones (excluding diaryl/α,β-unsaturated/α-hetero) is 1. The number of benzene rings is 1. The summed E-state index contributed by atoms with van der Waals surface area (Å²) in [6.07, 6.45) is 4.60. The van der Waals surface area contributed by atoms with Gasteiger partial charge in [0, 0.05) is 0 Å². The van der Waals surface area contributed by atoms with Crippen molar-refractivity contribution in [3.8, 4) is 0 Å². The van der Waals surface area contributed by atoms with Crippen molar-refractivity contribution in [2.45, 2.75) is 60.1 Å². The van der Waals surface area contributed by atoms with Gasteiger partial charge in [-0.1, -0.05) is 0 Å². The Labute approximate surface area is 155 Å². The predicted octanol–water partition coefficient (Wildman–Crippen LogP) is 4.89. The molecule has 0 saturated carbocycles. The molecular weight excluding hydrogens is 406 g/mol. The van der Waals surface area contributed by atoms with E-state index in [2.05, 4.69) is 17.1 Å². The van der Waals surface area contributed by atoms with Crippen LogP contribution in [0.3, 0.4) is 0 Å². The first-order valence-electron chi connectivity index (χ1n) is 9.27. The molecule has 1 atom stereocenters. The van der Waals surface area contributed by atoms with Gasteiger partial charge in [-0.25, -0.2) is 0 Å². The molecule has 3 nitrogen and oxygen atoms in total. The zero-order valence-electron chi connectivity index (χ0n) is 15.9. The molecule has 24 heavy (non-hydrogen) atoms. The number of anilines is 1. The molecule has 0 aliphatic rings. The predicted molar refractivity (Wildman–Crippen MR) is 108 cm³/mol. The molecule has 1 rings (SSSR count). The van der Waals surface area contributed by atoms with E-state index in [1.54, 1.807) is 0 Å². The fraction of sp³-hybridized carbons (Fsp3) is 0.650. The van der Waals surface area contributed by atoms with Gasteiger partial charge in [0.25, 0.3) is 0 Å². The van der Waals surface area contributed by atoms with E-state index in [-0.39, 0.29) is 11.7 Å². The summed E-state index contributed by atoms with van der Waals surface area (Å²) in [6, 6.07) is 6.13. The van der Waals surface area contributed by atoms with Gasteiger partial charge in [-0.15, -0.1) is 0 Å². The van der Waals surface area contributed by atoms with E-state index in [0.29, 0.717) is 0 Å². The summed E-state index contributed by atoms with van der Waals surface area (Å²) >= 11 is -1.01. The molecule has 0 aliphatic heterocycles. The Morgan fingerprint density at radius 3 is 2.62 bits per heavy atom. The molecule has 0 fully saturated rings. The van der Waals surface area contributed by atoms with Crippen molar-refractivity contribution >= 4 is 31.7 Å². The number of rotatable bonds is 12. The van der Waals surface area contributed by atoms with E-state index < -0.39 is 20.2 Å². The van der Waals surface area contributed by atoms with E-state index in [0.717, 1.165) is 36.3 Å². The van der Waals surface area contributed by atoms with Crippen LogP contribution in [0.25, 0.3) is 0 Å². The summed E-state index contributed by atoms with van der Waals surface area (Å²) in [5.74, 6) is 0.356. The molecule has 0 aromatic heterocycles. The first-order chi connectivity index (χ1) is 11.5. The van der Waals surface area contributed by atoms with Crippen LogP contribution in [0, 0.1) is 12.8 Å². The van der Waals surface area contributed by atoms with Crippen molar-refractivity contribution in [3.05, 3.63) is 29.3 Å². The van der Waals surface area contributed by atoms with Gasteiger partial charge in [0.05, 0.1) is 0 Å². The number of unbranched alkanes of at least 4 members (excludes halogenated alkanes) is 1. The third-order valence-electron chi connectivity index (χ3n) is 4.61. The van der Waals surface area contributed by atoms with Crippen molar-refractivity contribution < 1.29 is 4.79 Å². The number of ketones is 1. The van der Waals surface area contributed by atoms with E-state index in [9.17, 15) is 4.79 Å². The van der Waals surface area contributed by atoms with Gasteiger partial charge in [-0.3, -0.25) is 0 Å². The van der Waals surface area contributed by atoms with Crippen molar-refractivity contribution in [2.75, 3.05) is 18.4 Å². The molecule has 0 spiro atoms. The van der Waals surface area contributed by atoms with Gasteiger partial charge in [0.15, 0.2) is 0 Å². The Balaban J connectivity index is 2.53. The van der Waals surface area contributed by atoms with Crippen LogP contribution in [0.2, 0.25) is 13.6 Å². The van der Waals surface area contributed by atoms with Crippen molar-refractivity contribution in [1.82, 2.24) is 0 Å². The van der Waals surface area contributed by atoms with Crippen LogP contribution in [0.1, 0.15) is 55.5 Å². The van der Waals surface area contributed by atoms with Gasteiger partial charge >= 0.3 is 156 Å². The Morgan fingerprint density at radius 1 is 1.25 bits per heavy atom. The first-order valence-corrected chi connectivity index (χ1v) is 15.4. The SMILES string of the molecule is CCC(C)C(=O)c1c(C)cccc1NCC[CH2][Sb]([CH3])[CH2]CCCN. The van der Waals surface area contributed by atoms with Crippen molar-refractivity contribution in [1.29, 1.82) is 0 Å². The second kappa shape index (κ2) is 11.9. The first kappa shape index (κ1) is 21.5. The summed E-state index contributed by atoms with van der Waals surface area (Å²) in [5, 5.41) is 3.53. The average molecular weight is 441 g/mol. The number of hydrogen-bond donors (Lipinski definition) is 2. The standard InChI is InChI=1S/C15H22NO.C4H10N.CH3.Sb/c1-5-10-16-13-9-7-8-12(4)14(13)15(17)11(3)6-2;1-2-3-4-5;;/h7-9,11,16H,1,5-6,10H2,2-4H3;1-5H2;1H3;. The second-order valence-electron chi connectivity index (χ2n) is 6.75. The molecule has 0 heterocycles. The van der Waals surface area contributed by atoms with Crippen molar-refractivity contribution in [3.63, 3.8) is 0 Å². The molecule has 1 unspecified atom stereocenters. The molecule has 1 aromatic carbocycles. The molecule has 0 aliphatic carbocycles. The molecule has 0 amide bonds. The van der Waals surface area contributed by atoms with Gasteiger partial charge in [0.2, 0.25) is 0 Å². The number of hydrogen-bond acceptors (Lipinski definition) is 3. The maximum absolute atomic E-state index is 12.7. The molecule has 3 N–H and O–H groups in total. The summed E-state index contributed by atoms with van der Waals surface area (Å²) in [6.45, 7) is 7.93. The zero-order valence-corrected chi connectivity index (χ0v) is 18.5. The molecule has 0 saturated heterocycles. The topological polar surface area (TPSA) is 55.1 Å². The Kier molecular flexibility index (Phi) is 10.7. The van der Waals surface area contributed by atoms with Crippen LogP contribution in [-0.4, -0.2) is 39.1 Å². The molecule has 136 valence electrons. The van der Waals surface area contributed by atoms with Crippen LogP contribution >= 0.6 is 0 Å². The van der Waals surface area contributed by atoms with Gasteiger partial charge in [-0.2, -0.15) is 0 Å². The fourth-order valence-electron chi connectivity index (χ4n) is 2.78. The Bertz CT molecular complexity index is 504. The van der Waals surface area contributed by atoms with E-state index in [4.69, 9.17) is 5.73 Å². The van der Waals surface area contributed by atoms with Gasteiger partial charge in [-0.05, 0) is 0 Å². The third-order valence-corrected chi connectivity index (χ3v) is 10.8. The maximum atomic E-state index is 12.7. The molecule has 0 radical (unpaired) electrons. The van der Waals surface area contributed by atoms with Crippen LogP contribution in [0.15, 0.2) is 18.2 Å². The van der Waals surface area contributed by atoms with E-state index in [1.807, 2.05) is 32.0 Å². The minimum atomic E-state index is -1.01. The van der Waals surface area contributed by atoms with Gasteiger partial charge in [0.1, 0.15) is 0 Å². The number of aryl methyl sites for hydroxylation is 1. The summed E-state index contributed by atoms with van der Waals surface area (Å²) < 4.78 is 2.85. The summed E-state index contributed by atoms with van der Waals surface area (Å²) in [5.41, 5.74) is 8.56. The fourth-order valence-corrected chi connectivity index (χ4v) is 7.59. The van der Waals surface area contributed by atoms with Gasteiger partial charge < -0.3 is 0 Å². The minimum absolute atomic E-state index is 0.0870. The van der Waals surface area contributed by atoms with Crippen LogP contribution < -0.4 is 11.1 Å². The number of nitrogens with one attached hydrogen (secondary N) is 1. The van der Waals surface area contributed by atoms with Crippen LogP contribution in [-0.2, 0) is 0 Å². The average Bonchev–Trinajstić information content (AvgIpc) is 2.57. The second-order valence-corrected chi connectivity index (χ2v) is 14.2. The molecule has 1 aromatic rings. The monoisotopic (exact) mass is 440 g/mol. The quantitative estimate of drug-likeness (QED) is 0.276. The number of carbonyl (C=O) groups is 1. The third kappa shape index (κ3) is 7.15.